The number of aromatic hydroxyl groups is 1. The summed E-state index contributed by atoms with van der Waals surface area (Å²) in [4.78, 5) is 29.3. The molecule has 1 amide bonds. The Balaban J connectivity index is 1.23. The van der Waals surface area contributed by atoms with Crippen LogP contribution < -0.4 is 9.47 Å². The number of phenols is 1. The summed E-state index contributed by atoms with van der Waals surface area (Å²) in [6.07, 6.45) is 1.29. The quantitative estimate of drug-likeness (QED) is 0.588. The first kappa shape index (κ1) is 20.6. The van der Waals surface area contributed by atoms with Crippen molar-refractivity contribution in [1.82, 2.24) is 4.90 Å². The molecule has 5 rings (SSSR count). The van der Waals surface area contributed by atoms with Crippen molar-refractivity contribution in [2.45, 2.75) is 12.8 Å². The number of carbonyl (C=O) groups excluding carboxylic acids is 2. The lowest BCUT2D eigenvalue weighted by molar-refractivity contribution is 0.0654. The van der Waals surface area contributed by atoms with E-state index >= 15 is 0 Å². The minimum absolute atomic E-state index is 0.00863. The fraction of sp³-hybridized carbons (Fsp3) is 0.280. The van der Waals surface area contributed by atoms with Crippen molar-refractivity contribution in [3.63, 3.8) is 0 Å². The molecule has 2 aliphatic heterocycles. The lowest BCUT2D eigenvalue weighted by atomic mass is 9.89. The summed E-state index contributed by atoms with van der Waals surface area (Å²) in [6.45, 7) is 2.21. The van der Waals surface area contributed by atoms with E-state index in [0.29, 0.717) is 49.6 Å². The summed E-state index contributed by atoms with van der Waals surface area (Å²) in [5.74, 6) is 1.62. The normalized spacial score (nSPS) is 16.1. The summed E-state index contributed by atoms with van der Waals surface area (Å²) in [5.41, 5.74) is 1.60. The van der Waals surface area contributed by atoms with Crippen LogP contribution in [-0.2, 0) is 0 Å². The topological polar surface area (TPSA) is 76.1 Å². The predicted octanol–water partition coefficient (Wildman–Crippen LogP) is 4.63. The Bertz CT molecular complexity index is 1150. The van der Waals surface area contributed by atoms with Crippen molar-refractivity contribution < 1.29 is 24.2 Å². The second-order valence-electron chi connectivity index (χ2n) is 8.00. The molecule has 32 heavy (non-hydrogen) atoms. The number of carbonyl (C=O) groups is 2. The van der Waals surface area contributed by atoms with E-state index < -0.39 is 0 Å². The lowest BCUT2D eigenvalue weighted by Crippen LogP contribution is -2.40. The highest BCUT2D eigenvalue weighted by molar-refractivity contribution is 7.17. The standard InChI is InChI=1S/C25H23NO5S/c27-19-4-1-16(2-5-19)24(28)17-9-11-26(12-10-17)25(29)23-8-7-22(32-23)18-3-6-20-21(15-18)31-14-13-30-20/h1-8,15,17,27H,9-14H2. The number of fused-ring (bicyclic) bond motifs is 1. The van der Waals surface area contributed by atoms with Crippen LogP contribution in [0.2, 0.25) is 0 Å². The Morgan fingerprint density at radius 1 is 0.906 bits per heavy atom. The van der Waals surface area contributed by atoms with E-state index in [1.54, 1.807) is 12.1 Å². The monoisotopic (exact) mass is 449 g/mol. The van der Waals surface area contributed by atoms with Crippen molar-refractivity contribution in [2.24, 2.45) is 5.92 Å². The third-order valence-corrected chi connectivity index (χ3v) is 7.07. The predicted molar refractivity (Wildman–Crippen MR) is 122 cm³/mol. The summed E-state index contributed by atoms with van der Waals surface area (Å²) in [5, 5.41) is 9.41. The molecule has 0 bridgehead atoms. The zero-order valence-corrected chi connectivity index (χ0v) is 18.3. The molecule has 0 spiro atoms. The Hall–Kier alpha value is -3.32. The molecular formula is C25H23NO5S. The Kier molecular flexibility index (Phi) is 5.57. The van der Waals surface area contributed by atoms with Gasteiger partial charge in [-0.2, -0.15) is 0 Å². The number of Topliss-reactive ketones (excluding diaryl/α,β-unsaturated/α-hetero) is 1. The highest BCUT2D eigenvalue weighted by Gasteiger charge is 2.29. The van der Waals surface area contributed by atoms with Gasteiger partial charge in [0.05, 0.1) is 4.88 Å². The van der Waals surface area contributed by atoms with Crippen LogP contribution in [0.25, 0.3) is 10.4 Å². The van der Waals surface area contributed by atoms with E-state index in [4.69, 9.17) is 9.47 Å². The molecule has 0 saturated carbocycles. The van der Waals surface area contributed by atoms with Gasteiger partial charge in [0.15, 0.2) is 17.3 Å². The molecule has 6 nitrogen and oxygen atoms in total. The van der Waals surface area contributed by atoms with E-state index in [1.807, 2.05) is 35.2 Å². The zero-order valence-electron chi connectivity index (χ0n) is 17.5. The first-order valence-corrected chi connectivity index (χ1v) is 11.5. The number of hydrogen-bond donors (Lipinski definition) is 1. The number of likely N-dealkylation sites (tertiary alicyclic amines) is 1. The molecule has 0 atom stereocenters. The molecule has 1 fully saturated rings. The highest BCUT2D eigenvalue weighted by Crippen LogP contribution is 2.37. The number of piperidine rings is 1. The summed E-state index contributed by atoms with van der Waals surface area (Å²) < 4.78 is 11.2. The van der Waals surface area contributed by atoms with Gasteiger partial charge < -0.3 is 19.5 Å². The molecule has 1 saturated heterocycles. The number of benzene rings is 2. The summed E-state index contributed by atoms with van der Waals surface area (Å²) in [6, 6.07) is 16.0. The number of hydrogen-bond acceptors (Lipinski definition) is 6. The number of phenolic OH excluding ortho intramolecular Hbond substituents is 1. The molecule has 0 unspecified atom stereocenters. The maximum atomic E-state index is 13.0. The van der Waals surface area contributed by atoms with Crippen molar-refractivity contribution in [2.75, 3.05) is 26.3 Å². The maximum absolute atomic E-state index is 13.0. The van der Waals surface area contributed by atoms with Crippen LogP contribution in [0.4, 0.5) is 0 Å². The van der Waals surface area contributed by atoms with Gasteiger partial charge in [0, 0.05) is 29.4 Å². The van der Waals surface area contributed by atoms with Gasteiger partial charge in [0.1, 0.15) is 19.0 Å². The number of rotatable bonds is 4. The molecule has 0 radical (unpaired) electrons. The Morgan fingerprint density at radius 3 is 2.38 bits per heavy atom. The minimum Gasteiger partial charge on any atom is -0.508 e. The molecule has 0 aliphatic carbocycles. The Labute approximate surface area is 190 Å². The van der Waals surface area contributed by atoms with E-state index in [1.165, 1.54) is 23.5 Å². The van der Waals surface area contributed by atoms with Crippen LogP contribution >= 0.6 is 11.3 Å². The minimum atomic E-state index is -0.0970. The van der Waals surface area contributed by atoms with E-state index in [2.05, 4.69) is 0 Å². The maximum Gasteiger partial charge on any atom is 0.263 e. The molecule has 3 aromatic rings. The molecular weight excluding hydrogens is 426 g/mol. The molecule has 164 valence electrons. The highest BCUT2D eigenvalue weighted by atomic mass is 32.1. The van der Waals surface area contributed by atoms with Crippen LogP contribution in [0.3, 0.4) is 0 Å². The van der Waals surface area contributed by atoms with E-state index in [9.17, 15) is 14.7 Å². The van der Waals surface area contributed by atoms with E-state index in [0.717, 1.165) is 21.9 Å². The number of ether oxygens (including phenoxy) is 2. The van der Waals surface area contributed by atoms with Crippen molar-refractivity contribution in [1.29, 1.82) is 0 Å². The van der Waals surface area contributed by atoms with Gasteiger partial charge in [0.25, 0.3) is 5.91 Å². The van der Waals surface area contributed by atoms with Crippen molar-refractivity contribution in [3.05, 3.63) is 65.0 Å². The first-order valence-electron chi connectivity index (χ1n) is 10.7. The molecule has 1 aromatic heterocycles. The largest absolute Gasteiger partial charge is 0.508 e. The van der Waals surface area contributed by atoms with Gasteiger partial charge in [-0.3, -0.25) is 9.59 Å². The molecule has 1 N–H and O–H groups in total. The fourth-order valence-electron chi connectivity index (χ4n) is 4.17. The van der Waals surface area contributed by atoms with Crippen LogP contribution in [0, 0.1) is 5.92 Å². The van der Waals surface area contributed by atoms with Gasteiger partial charge in [0.2, 0.25) is 0 Å². The van der Waals surface area contributed by atoms with Crippen LogP contribution in [0.1, 0.15) is 32.9 Å². The van der Waals surface area contributed by atoms with Gasteiger partial charge in [-0.1, -0.05) is 0 Å². The summed E-state index contributed by atoms with van der Waals surface area (Å²) >= 11 is 1.47. The first-order chi connectivity index (χ1) is 15.6. The van der Waals surface area contributed by atoms with Gasteiger partial charge >= 0.3 is 0 Å². The van der Waals surface area contributed by atoms with Crippen LogP contribution in [0.5, 0.6) is 17.2 Å². The number of amides is 1. The van der Waals surface area contributed by atoms with Crippen LogP contribution in [0.15, 0.2) is 54.6 Å². The molecule has 3 heterocycles. The average molecular weight is 450 g/mol. The number of thiophene rings is 1. The summed E-state index contributed by atoms with van der Waals surface area (Å²) in [7, 11) is 0. The van der Waals surface area contributed by atoms with Crippen molar-refractivity contribution >= 4 is 23.0 Å². The average Bonchev–Trinajstić information content (AvgIpc) is 3.34. The number of ketones is 1. The second kappa shape index (κ2) is 8.67. The SMILES string of the molecule is O=C(c1ccc(O)cc1)C1CCN(C(=O)c2ccc(-c3ccc4c(c3)OCCO4)s2)CC1. The third kappa shape index (κ3) is 4.08. The van der Waals surface area contributed by atoms with E-state index in [-0.39, 0.29) is 23.4 Å². The lowest BCUT2D eigenvalue weighted by Gasteiger charge is -2.31. The van der Waals surface area contributed by atoms with Crippen LogP contribution in [-0.4, -0.2) is 48.0 Å². The Morgan fingerprint density at radius 2 is 1.62 bits per heavy atom. The molecule has 7 heteroatoms. The second-order valence-corrected chi connectivity index (χ2v) is 9.08. The fourth-order valence-corrected chi connectivity index (χ4v) is 5.14. The van der Waals surface area contributed by atoms with Gasteiger partial charge in [-0.15, -0.1) is 11.3 Å². The van der Waals surface area contributed by atoms with Crippen molar-refractivity contribution in [3.8, 4) is 27.7 Å². The molecule has 2 aromatic carbocycles. The third-order valence-electron chi connectivity index (χ3n) is 5.95. The zero-order chi connectivity index (χ0) is 22.1. The van der Waals surface area contributed by atoms with Gasteiger partial charge in [-0.05, 0) is 73.0 Å². The molecule has 2 aliphatic rings. The smallest absolute Gasteiger partial charge is 0.263 e. The number of nitrogens with zero attached hydrogens (tertiary/aromatic N) is 1. The van der Waals surface area contributed by atoms with Gasteiger partial charge in [-0.25, -0.2) is 0 Å².